The van der Waals surface area contributed by atoms with Crippen LogP contribution in [0.1, 0.15) is 69.7 Å². The van der Waals surface area contributed by atoms with Gasteiger partial charge in [0, 0.05) is 0 Å². The maximum absolute atomic E-state index is 13.3. The Kier molecular flexibility index (Phi) is 9.74. The summed E-state index contributed by atoms with van der Waals surface area (Å²) in [4.78, 5) is 13.3. The van der Waals surface area contributed by atoms with Crippen molar-refractivity contribution in [1.82, 2.24) is 0 Å². The molecule has 0 saturated heterocycles. The minimum absolute atomic E-state index is 0.543. The Morgan fingerprint density at radius 1 is 0.864 bits per heavy atom. The summed E-state index contributed by atoms with van der Waals surface area (Å²) in [5.74, 6) is 0. The van der Waals surface area contributed by atoms with E-state index in [1.807, 2.05) is 24.3 Å². The van der Waals surface area contributed by atoms with Crippen molar-refractivity contribution in [1.29, 1.82) is 0 Å². The predicted octanol–water partition coefficient (Wildman–Crippen LogP) is 6.91. The summed E-state index contributed by atoms with van der Waals surface area (Å²) in [6.45, 7) is 6.72. The second kappa shape index (κ2) is 10.7. The molecule has 0 aliphatic carbocycles. The van der Waals surface area contributed by atoms with Crippen LogP contribution in [0.3, 0.4) is 0 Å². The molecule has 0 fully saturated rings. The molecular weight excluding hydrogens is 398 g/mol. The first-order chi connectivity index (χ1) is 10.6. The van der Waals surface area contributed by atoms with Crippen LogP contribution >= 0.6 is 11.6 Å². The first kappa shape index (κ1) is 20.0. The number of rotatable bonds is 11. The number of halogens is 1. The van der Waals surface area contributed by atoms with Crippen LogP contribution in [0, 0.1) is 0 Å². The van der Waals surface area contributed by atoms with Gasteiger partial charge in [-0.3, -0.25) is 0 Å². The molecule has 0 aliphatic rings. The van der Waals surface area contributed by atoms with Crippen molar-refractivity contribution in [3.63, 3.8) is 0 Å². The summed E-state index contributed by atoms with van der Waals surface area (Å²) in [6, 6.07) is 7.62. The zero-order chi connectivity index (χ0) is 16.4. The Hall–Kier alpha value is -0.0213. The van der Waals surface area contributed by atoms with Gasteiger partial charge in [0.25, 0.3) is 0 Å². The standard InChI is InChI=1S/C7H4ClO.3C4H9.Sn/c8-7-3-1-6(5-9)2-4-7;3*1-3-4-2;/h1-4H;3*1,3-4H2,2H3;. The normalized spacial score (nSPS) is 11.6. The van der Waals surface area contributed by atoms with Crippen LogP contribution in [0.15, 0.2) is 24.3 Å². The third-order valence-corrected chi connectivity index (χ3v) is 19.7. The van der Waals surface area contributed by atoms with Gasteiger partial charge in [0.1, 0.15) is 0 Å². The van der Waals surface area contributed by atoms with Crippen molar-refractivity contribution in [3.05, 3.63) is 34.9 Å². The zero-order valence-electron chi connectivity index (χ0n) is 14.5. The van der Waals surface area contributed by atoms with Crippen molar-refractivity contribution in [3.8, 4) is 0 Å². The zero-order valence-corrected chi connectivity index (χ0v) is 18.1. The number of benzene rings is 1. The first-order valence-corrected chi connectivity index (χ1v) is 16.8. The molecule has 0 radical (unpaired) electrons. The minimum atomic E-state index is -2.79. The molecule has 1 nitrogen and oxygen atoms in total. The van der Waals surface area contributed by atoms with Gasteiger partial charge in [-0.15, -0.1) is 0 Å². The van der Waals surface area contributed by atoms with E-state index in [0.29, 0.717) is 8.82 Å². The number of carbonyl (C=O) groups is 1. The molecule has 0 bridgehead atoms. The molecule has 22 heavy (non-hydrogen) atoms. The van der Waals surface area contributed by atoms with E-state index >= 15 is 0 Å². The van der Waals surface area contributed by atoms with E-state index < -0.39 is 18.4 Å². The Bertz CT molecular complexity index is 419. The third kappa shape index (κ3) is 5.88. The predicted molar refractivity (Wildman–Crippen MR) is 101 cm³/mol. The number of unbranched alkanes of at least 4 members (excludes halogenated alkanes) is 3. The average Bonchev–Trinajstić information content (AvgIpc) is 2.54. The van der Waals surface area contributed by atoms with Gasteiger partial charge < -0.3 is 0 Å². The van der Waals surface area contributed by atoms with Gasteiger partial charge in [0.15, 0.2) is 0 Å². The van der Waals surface area contributed by atoms with Crippen LogP contribution in [0.4, 0.5) is 0 Å². The molecule has 1 aromatic carbocycles. The van der Waals surface area contributed by atoms with Crippen LogP contribution in [-0.4, -0.2) is 22.2 Å². The summed E-state index contributed by atoms with van der Waals surface area (Å²) in [6.07, 6.45) is 7.27. The van der Waals surface area contributed by atoms with Gasteiger partial charge in [0.05, 0.1) is 0 Å². The molecule has 0 N–H and O–H groups in total. The quantitative estimate of drug-likeness (QED) is 0.349. The number of hydrogen-bond acceptors (Lipinski definition) is 1. The fourth-order valence-corrected chi connectivity index (χ4v) is 18.4. The summed E-state index contributed by atoms with van der Waals surface area (Å²) < 4.78 is 4.23. The maximum atomic E-state index is 13.3. The van der Waals surface area contributed by atoms with E-state index in [4.69, 9.17) is 11.6 Å². The van der Waals surface area contributed by atoms with Crippen LogP contribution in [-0.2, 0) is 0 Å². The van der Waals surface area contributed by atoms with Crippen molar-refractivity contribution >= 4 is 33.8 Å². The molecular formula is C19H31ClOSn. The summed E-state index contributed by atoms with van der Waals surface area (Å²) in [5, 5.41) is 0.716. The van der Waals surface area contributed by atoms with Crippen LogP contribution < -0.4 is 0 Å². The van der Waals surface area contributed by atoms with Gasteiger partial charge in [0.2, 0.25) is 0 Å². The van der Waals surface area contributed by atoms with Crippen LogP contribution in [0.5, 0.6) is 0 Å². The molecule has 0 saturated carbocycles. The molecule has 1 aromatic rings. The van der Waals surface area contributed by atoms with E-state index in [2.05, 4.69) is 20.8 Å². The monoisotopic (exact) mass is 430 g/mol. The molecule has 0 amide bonds. The van der Waals surface area contributed by atoms with Gasteiger partial charge in [-0.2, -0.15) is 0 Å². The molecule has 0 atom stereocenters. The van der Waals surface area contributed by atoms with Crippen molar-refractivity contribution in [2.45, 2.75) is 72.6 Å². The van der Waals surface area contributed by atoms with E-state index in [1.165, 1.54) is 51.8 Å². The van der Waals surface area contributed by atoms with E-state index in [0.717, 1.165) is 5.56 Å². The van der Waals surface area contributed by atoms with Gasteiger partial charge in [-0.25, -0.2) is 0 Å². The number of carbonyl (C=O) groups excluding carboxylic acids is 1. The van der Waals surface area contributed by atoms with Crippen molar-refractivity contribution < 1.29 is 4.79 Å². The Morgan fingerprint density at radius 2 is 1.27 bits per heavy atom. The summed E-state index contributed by atoms with van der Waals surface area (Å²) in [7, 11) is 0. The molecule has 0 unspecified atom stereocenters. The molecule has 0 aliphatic heterocycles. The topological polar surface area (TPSA) is 17.1 Å². The van der Waals surface area contributed by atoms with E-state index in [1.54, 1.807) is 0 Å². The van der Waals surface area contributed by atoms with Crippen LogP contribution in [0.25, 0.3) is 0 Å². The second-order valence-electron chi connectivity index (χ2n) is 6.43. The molecule has 0 aromatic heterocycles. The Labute approximate surface area is 145 Å². The molecule has 0 spiro atoms. The van der Waals surface area contributed by atoms with E-state index in [9.17, 15) is 4.79 Å². The van der Waals surface area contributed by atoms with Crippen molar-refractivity contribution in [2.24, 2.45) is 0 Å². The molecule has 0 heterocycles. The fraction of sp³-hybridized carbons (Fsp3) is 0.632. The number of hydrogen-bond donors (Lipinski definition) is 0. The third-order valence-electron chi connectivity index (χ3n) is 4.61. The average molecular weight is 430 g/mol. The molecule has 3 heteroatoms. The van der Waals surface area contributed by atoms with Gasteiger partial charge in [-0.1, -0.05) is 0 Å². The Morgan fingerprint density at radius 3 is 1.64 bits per heavy atom. The summed E-state index contributed by atoms with van der Waals surface area (Å²) in [5.41, 5.74) is 0.920. The second-order valence-corrected chi connectivity index (χ2v) is 19.7. The summed E-state index contributed by atoms with van der Waals surface area (Å²) >= 11 is 3.20. The molecule has 124 valence electrons. The SMILES string of the molecule is CCC[CH2][Sn]([CH2]CCC)([CH2]CCC)[C](=O)c1ccc(Cl)cc1. The molecule has 1 rings (SSSR count). The van der Waals surface area contributed by atoms with Gasteiger partial charge >= 0.3 is 146 Å². The fourth-order valence-electron chi connectivity index (χ4n) is 3.17. The van der Waals surface area contributed by atoms with Crippen molar-refractivity contribution in [2.75, 3.05) is 0 Å². The van der Waals surface area contributed by atoms with E-state index in [-0.39, 0.29) is 0 Å². The van der Waals surface area contributed by atoms with Gasteiger partial charge in [-0.05, 0) is 0 Å². The first-order valence-electron chi connectivity index (χ1n) is 8.90. The van der Waals surface area contributed by atoms with Crippen LogP contribution in [0.2, 0.25) is 18.3 Å². The Balaban J connectivity index is 3.06.